The summed E-state index contributed by atoms with van der Waals surface area (Å²) in [7, 11) is 4.06. The first-order valence-electron chi connectivity index (χ1n) is 7.56. The lowest BCUT2D eigenvalue weighted by molar-refractivity contribution is 0.477. The molecule has 0 aliphatic heterocycles. The molecule has 1 unspecified atom stereocenters. The summed E-state index contributed by atoms with van der Waals surface area (Å²) < 4.78 is 2.08. The zero-order chi connectivity index (χ0) is 14.7. The third kappa shape index (κ3) is 3.32. The SMILES string of the molecule is CCN=C(NC1CCc2cn(C(C)C)nc2C1)N(C)C. The standard InChI is InChI=1S/C15H27N5/c1-6-16-15(19(4)5)17-13-8-7-12-10-20(11(2)3)18-14(12)9-13/h10-11,13H,6-9H2,1-5H3,(H,16,17). The van der Waals surface area contributed by atoms with Gasteiger partial charge in [0.1, 0.15) is 0 Å². The molecule has 1 aliphatic carbocycles. The quantitative estimate of drug-likeness (QED) is 0.677. The number of aliphatic imine (C=N–C) groups is 1. The number of hydrogen-bond donors (Lipinski definition) is 1. The van der Waals surface area contributed by atoms with E-state index >= 15 is 0 Å². The van der Waals surface area contributed by atoms with E-state index in [1.807, 2.05) is 19.0 Å². The fourth-order valence-electron chi connectivity index (χ4n) is 2.55. The Labute approximate surface area is 122 Å². The molecule has 0 aromatic carbocycles. The van der Waals surface area contributed by atoms with E-state index in [1.165, 1.54) is 11.3 Å². The number of guanidine groups is 1. The highest BCUT2D eigenvalue weighted by Crippen LogP contribution is 2.21. The molecule has 5 heteroatoms. The number of rotatable bonds is 3. The molecule has 1 heterocycles. The minimum atomic E-state index is 0.436. The molecule has 1 N–H and O–H groups in total. The molecule has 1 aromatic heterocycles. The van der Waals surface area contributed by atoms with E-state index < -0.39 is 0 Å². The van der Waals surface area contributed by atoms with Gasteiger partial charge in [-0.25, -0.2) is 0 Å². The van der Waals surface area contributed by atoms with Gasteiger partial charge in [0.15, 0.2) is 5.96 Å². The molecular weight excluding hydrogens is 250 g/mol. The number of aryl methyl sites for hydroxylation is 1. The van der Waals surface area contributed by atoms with Crippen LogP contribution in [0.1, 0.15) is 44.5 Å². The maximum Gasteiger partial charge on any atom is 0.193 e. The monoisotopic (exact) mass is 277 g/mol. The van der Waals surface area contributed by atoms with E-state index in [9.17, 15) is 0 Å². The molecule has 0 spiro atoms. The van der Waals surface area contributed by atoms with Gasteiger partial charge in [-0.05, 0) is 39.2 Å². The van der Waals surface area contributed by atoms with Crippen molar-refractivity contribution in [3.63, 3.8) is 0 Å². The van der Waals surface area contributed by atoms with Gasteiger partial charge >= 0.3 is 0 Å². The van der Waals surface area contributed by atoms with Crippen LogP contribution < -0.4 is 5.32 Å². The average Bonchev–Trinajstić information content (AvgIpc) is 2.81. The van der Waals surface area contributed by atoms with Crippen molar-refractivity contribution in [1.82, 2.24) is 20.0 Å². The van der Waals surface area contributed by atoms with E-state index in [0.717, 1.165) is 31.8 Å². The van der Waals surface area contributed by atoms with Crippen molar-refractivity contribution in [3.05, 3.63) is 17.5 Å². The van der Waals surface area contributed by atoms with Gasteiger partial charge < -0.3 is 10.2 Å². The maximum atomic E-state index is 4.72. The Kier molecular flexibility index (Phi) is 4.68. The molecule has 0 saturated heterocycles. The summed E-state index contributed by atoms with van der Waals surface area (Å²) in [5.41, 5.74) is 2.66. The fraction of sp³-hybridized carbons (Fsp3) is 0.733. The Balaban J connectivity index is 2.05. The highest BCUT2D eigenvalue weighted by atomic mass is 15.3. The Morgan fingerprint density at radius 1 is 1.55 bits per heavy atom. The van der Waals surface area contributed by atoms with Crippen LogP contribution in [-0.4, -0.2) is 47.3 Å². The van der Waals surface area contributed by atoms with Gasteiger partial charge in [0, 0.05) is 45.3 Å². The lowest BCUT2D eigenvalue weighted by Crippen LogP contribution is -2.45. The first-order chi connectivity index (χ1) is 9.51. The van der Waals surface area contributed by atoms with Crippen LogP contribution in [0.4, 0.5) is 0 Å². The van der Waals surface area contributed by atoms with Crippen LogP contribution in [0, 0.1) is 0 Å². The summed E-state index contributed by atoms with van der Waals surface area (Å²) >= 11 is 0. The van der Waals surface area contributed by atoms with Crippen molar-refractivity contribution in [1.29, 1.82) is 0 Å². The number of nitrogens with zero attached hydrogens (tertiary/aromatic N) is 4. The first kappa shape index (κ1) is 14.9. The summed E-state index contributed by atoms with van der Waals surface area (Å²) in [4.78, 5) is 6.56. The molecule has 1 aromatic rings. The number of nitrogens with one attached hydrogen (secondary N) is 1. The lowest BCUT2D eigenvalue weighted by atomic mass is 9.94. The van der Waals surface area contributed by atoms with Crippen molar-refractivity contribution >= 4 is 5.96 Å². The smallest absolute Gasteiger partial charge is 0.193 e. The predicted molar refractivity (Wildman–Crippen MR) is 83.2 cm³/mol. The van der Waals surface area contributed by atoms with Crippen molar-refractivity contribution in [2.24, 2.45) is 4.99 Å². The van der Waals surface area contributed by atoms with Gasteiger partial charge in [-0.1, -0.05) is 0 Å². The Morgan fingerprint density at radius 3 is 2.90 bits per heavy atom. The van der Waals surface area contributed by atoms with Gasteiger partial charge in [-0.3, -0.25) is 9.67 Å². The van der Waals surface area contributed by atoms with Crippen LogP contribution in [0.3, 0.4) is 0 Å². The molecule has 20 heavy (non-hydrogen) atoms. The zero-order valence-corrected chi connectivity index (χ0v) is 13.3. The highest BCUT2D eigenvalue weighted by Gasteiger charge is 2.23. The third-order valence-electron chi connectivity index (χ3n) is 3.69. The van der Waals surface area contributed by atoms with Gasteiger partial charge in [0.2, 0.25) is 0 Å². The van der Waals surface area contributed by atoms with Gasteiger partial charge in [-0.2, -0.15) is 5.10 Å². The second kappa shape index (κ2) is 6.29. The van der Waals surface area contributed by atoms with E-state index in [0.29, 0.717) is 12.1 Å². The minimum absolute atomic E-state index is 0.436. The molecule has 5 nitrogen and oxygen atoms in total. The molecule has 1 atom stereocenters. The number of fused-ring (bicyclic) bond motifs is 1. The Hall–Kier alpha value is -1.52. The van der Waals surface area contributed by atoms with Gasteiger partial charge in [0.05, 0.1) is 5.69 Å². The molecule has 0 saturated carbocycles. The van der Waals surface area contributed by atoms with Crippen molar-refractivity contribution in [3.8, 4) is 0 Å². The summed E-state index contributed by atoms with van der Waals surface area (Å²) in [6.45, 7) is 7.22. The topological polar surface area (TPSA) is 45.5 Å². The summed E-state index contributed by atoms with van der Waals surface area (Å²) in [6, 6.07) is 0.872. The second-order valence-corrected chi connectivity index (χ2v) is 5.95. The Morgan fingerprint density at radius 2 is 2.30 bits per heavy atom. The van der Waals surface area contributed by atoms with Gasteiger partial charge in [0.25, 0.3) is 0 Å². The normalized spacial score (nSPS) is 19.1. The molecule has 2 rings (SSSR count). The van der Waals surface area contributed by atoms with Crippen LogP contribution in [-0.2, 0) is 12.8 Å². The van der Waals surface area contributed by atoms with Crippen molar-refractivity contribution in [2.75, 3.05) is 20.6 Å². The largest absolute Gasteiger partial charge is 0.353 e. The first-order valence-corrected chi connectivity index (χ1v) is 7.56. The summed E-state index contributed by atoms with van der Waals surface area (Å²) in [5.74, 6) is 0.976. The van der Waals surface area contributed by atoms with Crippen LogP contribution in [0.15, 0.2) is 11.2 Å². The van der Waals surface area contributed by atoms with E-state index in [-0.39, 0.29) is 0 Å². The average molecular weight is 277 g/mol. The van der Waals surface area contributed by atoms with Crippen LogP contribution >= 0.6 is 0 Å². The molecule has 1 aliphatic rings. The van der Waals surface area contributed by atoms with Crippen molar-refractivity contribution in [2.45, 2.75) is 52.1 Å². The summed E-state index contributed by atoms with van der Waals surface area (Å²) in [5, 5.41) is 8.28. The second-order valence-electron chi connectivity index (χ2n) is 5.95. The highest BCUT2D eigenvalue weighted by molar-refractivity contribution is 5.79. The van der Waals surface area contributed by atoms with Crippen LogP contribution in [0.2, 0.25) is 0 Å². The Bertz CT molecular complexity index is 473. The van der Waals surface area contributed by atoms with Crippen LogP contribution in [0.5, 0.6) is 0 Å². The molecular formula is C15H27N5. The molecule has 0 bridgehead atoms. The van der Waals surface area contributed by atoms with Crippen molar-refractivity contribution < 1.29 is 0 Å². The summed E-state index contributed by atoms with van der Waals surface area (Å²) in [6.07, 6.45) is 5.45. The van der Waals surface area contributed by atoms with E-state index in [1.54, 1.807) is 0 Å². The lowest BCUT2D eigenvalue weighted by Gasteiger charge is -2.27. The number of aromatic nitrogens is 2. The fourth-order valence-corrected chi connectivity index (χ4v) is 2.55. The molecule has 0 amide bonds. The van der Waals surface area contributed by atoms with Gasteiger partial charge in [-0.15, -0.1) is 0 Å². The molecule has 112 valence electrons. The molecule has 0 radical (unpaired) electrons. The van der Waals surface area contributed by atoms with E-state index in [4.69, 9.17) is 5.10 Å². The minimum Gasteiger partial charge on any atom is -0.353 e. The van der Waals surface area contributed by atoms with E-state index in [2.05, 4.69) is 42.0 Å². The predicted octanol–water partition coefficient (Wildman–Crippen LogP) is 1.85. The molecule has 0 fully saturated rings. The van der Waals surface area contributed by atoms with Crippen LogP contribution in [0.25, 0.3) is 0 Å². The third-order valence-corrected chi connectivity index (χ3v) is 3.69. The zero-order valence-electron chi connectivity index (χ0n) is 13.3. The maximum absolute atomic E-state index is 4.72. The number of hydrogen-bond acceptors (Lipinski definition) is 2.